The van der Waals surface area contributed by atoms with Crippen LogP contribution < -0.4 is 5.73 Å². The number of aliphatic imine (C=N–C) groups is 1. The summed E-state index contributed by atoms with van der Waals surface area (Å²) >= 11 is 0. The van der Waals surface area contributed by atoms with Crippen molar-refractivity contribution in [2.75, 3.05) is 13.6 Å². The molecule has 0 saturated carbocycles. The molecule has 2 rings (SSSR count). The lowest BCUT2D eigenvalue weighted by molar-refractivity contribution is -0.150. The molecule has 2 atom stereocenters. The smallest absolute Gasteiger partial charge is 0.406 e. The summed E-state index contributed by atoms with van der Waals surface area (Å²) in [6.45, 7) is 0.0705. The Morgan fingerprint density at radius 1 is 1.42 bits per heavy atom. The van der Waals surface area contributed by atoms with E-state index in [0.29, 0.717) is 10.5 Å². The molecule has 0 bridgehead atoms. The number of amides is 1. The number of aryl methyl sites for hydroxylation is 1. The highest BCUT2D eigenvalue weighted by molar-refractivity contribution is 6.02. The van der Waals surface area contributed by atoms with Crippen molar-refractivity contribution in [3.05, 3.63) is 46.7 Å². The summed E-state index contributed by atoms with van der Waals surface area (Å²) in [6.07, 6.45) is -2.57. The molecule has 0 fully saturated rings. The van der Waals surface area contributed by atoms with Gasteiger partial charge >= 0.3 is 12.1 Å². The van der Waals surface area contributed by atoms with Crippen LogP contribution in [-0.4, -0.2) is 53.9 Å². The average molecular weight is 369 g/mol. The highest BCUT2D eigenvalue weighted by atomic mass is 19.4. The molecule has 0 radical (unpaired) electrons. The Morgan fingerprint density at radius 3 is 2.58 bits per heavy atom. The maximum atomic E-state index is 13.1. The van der Waals surface area contributed by atoms with Gasteiger partial charge in [0.05, 0.1) is 6.04 Å². The summed E-state index contributed by atoms with van der Waals surface area (Å²) in [7, 11) is 1.37. The summed E-state index contributed by atoms with van der Waals surface area (Å²) in [5.74, 6) is -3.66. The second-order valence-corrected chi connectivity index (χ2v) is 5.95. The van der Waals surface area contributed by atoms with Crippen LogP contribution >= 0.6 is 0 Å². The van der Waals surface area contributed by atoms with Gasteiger partial charge in [-0.3, -0.25) is 14.6 Å². The van der Waals surface area contributed by atoms with Crippen molar-refractivity contribution in [3.63, 3.8) is 0 Å². The van der Waals surface area contributed by atoms with Crippen molar-refractivity contribution in [2.24, 2.45) is 10.7 Å². The van der Waals surface area contributed by atoms with Gasteiger partial charge in [-0.15, -0.1) is 0 Å². The van der Waals surface area contributed by atoms with Crippen molar-refractivity contribution in [1.82, 2.24) is 4.90 Å². The van der Waals surface area contributed by atoms with Crippen LogP contribution in [0.5, 0.6) is 0 Å². The first-order chi connectivity index (χ1) is 12.1. The van der Waals surface area contributed by atoms with Crippen molar-refractivity contribution < 1.29 is 27.9 Å². The van der Waals surface area contributed by atoms with Crippen molar-refractivity contribution in [1.29, 1.82) is 0 Å². The summed E-state index contributed by atoms with van der Waals surface area (Å²) in [5, 5.41) is 9.71. The van der Waals surface area contributed by atoms with E-state index in [1.54, 1.807) is 13.0 Å². The Morgan fingerprint density at radius 2 is 2.08 bits per heavy atom. The number of aliphatic carboxylic acids is 1. The van der Waals surface area contributed by atoms with Crippen LogP contribution in [0, 0.1) is 6.92 Å². The van der Waals surface area contributed by atoms with Crippen LogP contribution in [0.1, 0.15) is 27.4 Å². The van der Waals surface area contributed by atoms with Crippen molar-refractivity contribution in [3.8, 4) is 0 Å². The van der Waals surface area contributed by atoms with Crippen LogP contribution in [0.2, 0.25) is 0 Å². The molecule has 1 aliphatic heterocycles. The lowest BCUT2D eigenvalue weighted by atomic mass is 9.79. The van der Waals surface area contributed by atoms with Gasteiger partial charge in [-0.2, -0.15) is 13.2 Å². The van der Waals surface area contributed by atoms with Gasteiger partial charge in [-0.25, -0.2) is 0 Å². The van der Waals surface area contributed by atoms with Crippen molar-refractivity contribution >= 4 is 18.1 Å². The Kier molecular flexibility index (Phi) is 5.38. The largest absolute Gasteiger partial charge is 0.481 e. The van der Waals surface area contributed by atoms with Gasteiger partial charge in [0, 0.05) is 30.6 Å². The molecule has 2 unspecified atom stereocenters. The number of carboxylic acid groups (broad SMARTS) is 1. The van der Waals surface area contributed by atoms with Crippen molar-refractivity contribution in [2.45, 2.75) is 25.1 Å². The summed E-state index contributed by atoms with van der Waals surface area (Å²) in [5.41, 5.74) is 6.26. The minimum Gasteiger partial charge on any atom is -0.481 e. The van der Waals surface area contributed by atoms with Crippen LogP contribution in [0.3, 0.4) is 0 Å². The predicted octanol–water partition coefficient (Wildman–Crippen LogP) is 2.09. The second kappa shape index (κ2) is 7.19. The van der Waals surface area contributed by atoms with Gasteiger partial charge in [0.1, 0.15) is 12.5 Å². The maximum Gasteiger partial charge on any atom is 0.406 e. The molecule has 1 amide bonds. The number of nitrogens with two attached hydrogens (primary N) is 1. The highest BCUT2D eigenvalue weighted by Gasteiger charge is 2.48. The van der Waals surface area contributed by atoms with Gasteiger partial charge in [0.15, 0.2) is 0 Å². The molecule has 1 heterocycles. The Labute approximate surface area is 147 Å². The van der Waals surface area contributed by atoms with E-state index in [-0.39, 0.29) is 16.7 Å². The SMILES string of the molecule is CN=CC(=CN)C1C(C(=O)O)c2ccc(C)cc2C(=O)N1CC(F)(F)F. The number of benzene rings is 1. The number of nitrogens with zero attached hydrogens (tertiary/aromatic N) is 2. The van der Waals surface area contributed by atoms with Gasteiger partial charge < -0.3 is 15.7 Å². The third-order valence-electron chi connectivity index (χ3n) is 4.11. The third-order valence-corrected chi connectivity index (χ3v) is 4.11. The quantitative estimate of drug-likeness (QED) is 0.795. The van der Waals surface area contributed by atoms with Gasteiger partial charge in [0.25, 0.3) is 5.91 Å². The second-order valence-electron chi connectivity index (χ2n) is 5.95. The zero-order chi connectivity index (χ0) is 19.6. The third kappa shape index (κ3) is 3.71. The number of carbonyl (C=O) groups excluding carboxylic acids is 1. The molecule has 0 spiro atoms. The topological polar surface area (TPSA) is 96.0 Å². The molecule has 1 aliphatic rings. The Bertz CT molecular complexity index is 787. The fourth-order valence-corrected chi connectivity index (χ4v) is 3.13. The molecule has 9 heteroatoms. The van der Waals surface area contributed by atoms with Gasteiger partial charge in [0.2, 0.25) is 0 Å². The van der Waals surface area contributed by atoms with Gasteiger partial charge in [-0.1, -0.05) is 17.7 Å². The molecule has 0 aromatic heterocycles. The lowest BCUT2D eigenvalue weighted by Crippen LogP contribution is -2.54. The van der Waals surface area contributed by atoms with E-state index >= 15 is 0 Å². The van der Waals surface area contributed by atoms with E-state index in [9.17, 15) is 27.9 Å². The van der Waals surface area contributed by atoms with Crippen LogP contribution in [0.4, 0.5) is 13.2 Å². The van der Waals surface area contributed by atoms with E-state index in [4.69, 9.17) is 5.73 Å². The molecular formula is C17H18F3N3O3. The Hall–Kier alpha value is -2.84. The molecule has 0 aliphatic carbocycles. The molecule has 1 aromatic carbocycles. The molecule has 26 heavy (non-hydrogen) atoms. The lowest BCUT2D eigenvalue weighted by Gasteiger charge is -2.41. The number of hydrogen-bond donors (Lipinski definition) is 2. The molecular weight excluding hydrogens is 351 g/mol. The Balaban J connectivity index is 2.74. The van der Waals surface area contributed by atoms with E-state index in [1.165, 1.54) is 19.2 Å². The average Bonchev–Trinajstić information content (AvgIpc) is 2.54. The van der Waals surface area contributed by atoms with Crippen LogP contribution in [-0.2, 0) is 4.79 Å². The number of halogens is 3. The fraction of sp³-hybridized carbons (Fsp3) is 0.353. The standard InChI is InChI=1S/C17H18F3N3O3/c1-9-3-4-11-12(5-9)15(24)23(8-17(18,19)20)14(13(11)16(25)26)10(6-21)7-22-2/h3-7,13-14H,8,21H2,1-2H3,(H,25,26). The first-order valence-electron chi connectivity index (χ1n) is 7.65. The normalized spacial score (nSPS) is 21.2. The first kappa shape index (κ1) is 19.5. The minimum atomic E-state index is -4.71. The zero-order valence-corrected chi connectivity index (χ0v) is 14.1. The minimum absolute atomic E-state index is 0.0173. The molecule has 0 saturated heterocycles. The van der Waals surface area contributed by atoms with E-state index in [1.807, 2.05) is 0 Å². The number of fused-ring (bicyclic) bond motifs is 1. The van der Waals surface area contributed by atoms with Crippen LogP contribution in [0.15, 0.2) is 35.0 Å². The zero-order valence-electron chi connectivity index (χ0n) is 14.1. The predicted molar refractivity (Wildman–Crippen MR) is 89.1 cm³/mol. The molecule has 6 nitrogen and oxygen atoms in total. The van der Waals surface area contributed by atoms with E-state index in [0.717, 1.165) is 12.4 Å². The number of carbonyl (C=O) groups is 2. The summed E-state index contributed by atoms with van der Waals surface area (Å²) in [6, 6.07) is 3.03. The molecule has 1 aromatic rings. The maximum absolute atomic E-state index is 13.1. The number of hydrogen-bond acceptors (Lipinski definition) is 4. The number of alkyl halides is 3. The number of carboxylic acids is 1. The van der Waals surface area contributed by atoms with Gasteiger partial charge in [-0.05, 0) is 18.6 Å². The van der Waals surface area contributed by atoms with E-state index in [2.05, 4.69) is 4.99 Å². The first-order valence-corrected chi connectivity index (χ1v) is 7.65. The monoisotopic (exact) mass is 369 g/mol. The summed E-state index contributed by atoms with van der Waals surface area (Å²) in [4.78, 5) is 28.9. The molecule has 140 valence electrons. The fourth-order valence-electron chi connectivity index (χ4n) is 3.13. The number of rotatable bonds is 4. The van der Waals surface area contributed by atoms with Crippen LogP contribution in [0.25, 0.3) is 0 Å². The van der Waals surface area contributed by atoms with E-state index < -0.39 is 36.6 Å². The summed E-state index contributed by atoms with van der Waals surface area (Å²) < 4.78 is 39.3. The molecule has 3 N–H and O–H groups in total. The highest BCUT2D eigenvalue weighted by Crippen LogP contribution is 2.38.